The SMILES string of the molecule is CS(=O)(=O)N[C@H]1CCCN(C(=O)[C@H]2C[C@]2(F)c2ccccc2-c2c(F)cccc2F)C1. The van der Waals surface area contributed by atoms with Gasteiger partial charge in [0.15, 0.2) is 0 Å². The van der Waals surface area contributed by atoms with Crippen LogP contribution >= 0.6 is 0 Å². The van der Waals surface area contributed by atoms with E-state index in [9.17, 15) is 22.0 Å². The van der Waals surface area contributed by atoms with Gasteiger partial charge in [0.1, 0.15) is 17.3 Å². The monoisotopic (exact) mass is 452 g/mol. The molecule has 1 heterocycles. The summed E-state index contributed by atoms with van der Waals surface area (Å²) in [4.78, 5) is 14.5. The van der Waals surface area contributed by atoms with Crippen molar-refractivity contribution in [2.45, 2.75) is 31.0 Å². The summed E-state index contributed by atoms with van der Waals surface area (Å²) in [7, 11) is -3.42. The fourth-order valence-electron chi connectivity index (χ4n) is 4.43. The number of hydrogen-bond donors (Lipinski definition) is 1. The number of nitrogens with one attached hydrogen (secondary N) is 1. The lowest BCUT2D eigenvalue weighted by atomic mass is 9.93. The van der Waals surface area contributed by atoms with Gasteiger partial charge in [-0.3, -0.25) is 4.79 Å². The fourth-order valence-corrected chi connectivity index (χ4v) is 5.23. The highest BCUT2D eigenvalue weighted by Gasteiger charge is 2.62. The molecular formula is C22H23F3N2O3S. The van der Waals surface area contributed by atoms with Crippen molar-refractivity contribution in [1.82, 2.24) is 9.62 Å². The van der Waals surface area contributed by atoms with E-state index in [1.807, 2.05) is 0 Å². The molecule has 0 bridgehead atoms. The lowest BCUT2D eigenvalue weighted by Gasteiger charge is -2.33. The maximum absolute atomic E-state index is 15.9. The summed E-state index contributed by atoms with van der Waals surface area (Å²) in [6, 6.07) is 9.09. The third kappa shape index (κ3) is 4.34. The van der Waals surface area contributed by atoms with Crippen molar-refractivity contribution in [3.8, 4) is 11.1 Å². The van der Waals surface area contributed by atoms with Gasteiger partial charge in [0, 0.05) is 25.6 Å². The summed E-state index contributed by atoms with van der Waals surface area (Å²) >= 11 is 0. The van der Waals surface area contributed by atoms with E-state index >= 15 is 4.39 Å². The van der Waals surface area contributed by atoms with Gasteiger partial charge in [-0.1, -0.05) is 30.3 Å². The average molecular weight is 452 g/mol. The molecule has 1 N–H and O–H groups in total. The zero-order valence-corrected chi connectivity index (χ0v) is 17.8. The van der Waals surface area contributed by atoms with Crippen LogP contribution in [0.5, 0.6) is 0 Å². The van der Waals surface area contributed by atoms with Crippen LogP contribution in [0.25, 0.3) is 11.1 Å². The lowest BCUT2D eigenvalue weighted by molar-refractivity contribution is -0.135. The second-order valence-electron chi connectivity index (χ2n) is 8.27. The molecule has 9 heteroatoms. The number of sulfonamides is 1. The van der Waals surface area contributed by atoms with Crippen LogP contribution < -0.4 is 4.72 Å². The van der Waals surface area contributed by atoms with Crippen molar-refractivity contribution in [2.24, 2.45) is 5.92 Å². The van der Waals surface area contributed by atoms with Gasteiger partial charge in [-0.05, 0) is 36.1 Å². The van der Waals surface area contributed by atoms with Crippen molar-refractivity contribution in [3.63, 3.8) is 0 Å². The first kappa shape index (κ1) is 21.8. The van der Waals surface area contributed by atoms with E-state index in [1.54, 1.807) is 12.1 Å². The van der Waals surface area contributed by atoms with Crippen LogP contribution in [0.3, 0.4) is 0 Å². The van der Waals surface area contributed by atoms with E-state index in [0.717, 1.165) is 18.4 Å². The van der Waals surface area contributed by atoms with Crippen molar-refractivity contribution in [2.75, 3.05) is 19.3 Å². The Morgan fingerprint density at radius 1 is 1.13 bits per heavy atom. The van der Waals surface area contributed by atoms with Crippen LogP contribution in [0.15, 0.2) is 42.5 Å². The molecule has 3 atom stereocenters. The van der Waals surface area contributed by atoms with Gasteiger partial charge in [0.05, 0.1) is 17.7 Å². The number of benzene rings is 2. The summed E-state index contributed by atoms with van der Waals surface area (Å²) < 4.78 is 70.1. The molecule has 0 radical (unpaired) electrons. The lowest BCUT2D eigenvalue weighted by Crippen LogP contribution is -2.50. The molecule has 0 aromatic heterocycles. The molecule has 1 saturated heterocycles. The molecular weight excluding hydrogens is 429 g/mol. The third-order valence-electron chi connectivity index (χ3n) is 5.91. The number of nitrogens with zero attached hydrogens (tertiary/aromatic N) is 1. The van der Waals surface area contributed by atoms with Gasteiger partial charge in [0.25, 0.3) is 0 Å². The largest absolute Gasteiger partial charge is 0.341 e. The Morgan fingerprint density at radius 2 is 1.81 bits per heavy atom. The van der Waals surface area contributed by atoms with Crippen LogP contribution in [0.2, 0.25) is 0 Å². The number of alkyl halides is 1. The summed E-state index contributed by atoms with van der Waals surface area (Å²) in [5, 5.41) is 0. The molecule has 2 aliphatic rings. The van der Waals surface area contributed by atoms with E-state index in [-0.39, 0.29) is 29.7 Å². The topological polar surface area (TPSA) is 66.5 Å². The Kier molecular flexibility index (Phi) is 5.59. The molecule has 0 spiro atoms. The minimum absolute atomic E-state index is 0.0835. The van der Waals surface area contributed by atoms with E-state index < -0.39 is 45.2 Å². The van der Waals surface area contributed by atoms with Gasteiger partial charge >= 0.3 is 0 Å². The van der Waals surface area contributed by atoms with Gasteiger partial charge in [0.2, 0.25) is 15.9 Å². The van der Waals surface area contributed by atoms with Crippen molar-refractivity contribution in [1.29, 1.82) is 0 Å². The molecule has 2 aromatic rings. The number of hydrogen-bond acceptors (Lipinski definition) is 3. The molecule has 1 amide bonds. The zero-order valence-electron chi connectivity index (χ0n) is 16.9. The Labute approximate surface area is 179 Å². The fraction of sp³-hybridized carbons (Fsp3) is 0.409. The van der Waals surface area contributed by atoms with Crippen LogP contribution in [0.1, 0.15) is 24.8 Å². The molecule has 31 heavy (non-hydrogen) atoms. The maximum atomic E-state index is 15.9. The first-order valence-corrected chi connectivity index (χ1v) is 12.0. The van der Waals surface area contributed by atoms with E-state index in [0.29, 0.717) is 19.4 Å². The standard InChI is InChI=1S/C22H23F3N2O3S/c1-31(29,30)26-14-6-5-11-27(13-14)21(28)17-12-22(17,25)16-8-3-2-7-15(16)20-18(23)9-4-10-19(20)24/h2-4,7-10,14,17,26H,5-6,11-13H2,1H3/t14-,17+,22-/m0/s1. The maximum Gasteiger partial charge on any atom is 0.229 e. The van der Waals surface area contributed by atoms with Gasteiger partial charge in [-0.15, -0.1) is 0 Å². The van der Waals surface area contributed by atoms with Crippen molar-refractivity contribution < 1.29 is 26.4 Å². The van der Waals surface area contributed by atoms with Gasteiger partial charge in [-0.2, -0.15) is 0 Å². The number of piperidine rings is 1. The predicted octanol–water partition coefficient (Wildman–Crippen LogP) is 3.36. The molecule has 1 aliphatic heterocycles. The Balaban J connectivity index is 1.58. The first-order chi connectivity index (χ1) is 14.6. The highest BCUT2D eigenvalue weighted by molar-refractivity contribution is 7.88. The van der Waals surface area contributed by atoms with Crippen molar-refractivity contribution in [3.05, 3.63) is 59.7 Å². The van der Waals surface area contributed by atoms with E-state index in [4.69, 9.17) is 0 Å². The summed E-state index contributed by atoms with van der Waals surface area (Å²) in [6.07, 6.45) is 2.17. The average Bonchev–Trinajstić information content (AvgIpc) is 3.39. The normalized spacial score (nSPS) is 26.0. The minimum Gasteiger partial charge on any atom is -0.341 e. The number of carbonyl (C=O) groups is 1. The molecule has 4 rings (SSSR count). The van der Waals surface area contributed by atoms with Gasteiger partial charge < -0.3 is 4.90 Å². The Morgan fingerprint density at radius 3 is 2.48 bits per heavy atom. The number of rotatable bonds is 5. The molecule has 0 unspecified atom stereocenters. The third-order valence-corrected chi connectivity index (χ3v) is 6.67. The summed E-state index contributed by atoms with van der Waals surface area (Å²) in [5.74, 6) is -2.98. The highest BCUT2D eigenvalue weighted by atomic mass is 32.2. The van der Waals surface area contributed by atoms with Crippen molar-refractivity contribution >= 4 is 15.9 Å². The number of likely N-dealkylation sites (tertiary alicyclic amines) is 1. The zero-order chi connectivity index (χ0) is 22.4. The molecule has 1 aliphatic carbocycles. The van der Waals surface area contributed by atoms with Gasteiger partial charge in [-0.25, -0.2) is 26.3 Å². The van der Waals surface area contributed by atoms with E-state index in [2.05, 4.69) is 4.72 Å². The second-order valence-corrected chi connectivity index (χ2v) is 10.1. The predicted molar refractivity (Wildman–Crippen MR) is 110 cm³/mol. The molecule has 1 saturated carbocycles. The molecule has 5 nitrogen and oxygen atoms in total. The summed E-state index contributed by atoms with van der Waals surface area (Å²) in [6.45, 7) is 0.582. The Bertz CT molecular complexity index is 1100. The minimum atomic E-state index is -3.42. The number of halogens is 3. The second kappa shape index (κ2) is 7.94. The molecule has 166 valence electrons. The molecule has 2 aromatic carbocycles. The smallest absolute Gasteiger partial charge is 0.229 e. The number of amides is 1. The van der Waals surface area contributed by atoms with Crippen LogP contribution in [0.4, 0.5) is 13.2 Å². The van der Waals surface area contributed by atoms with Crippen LogP contribution in [-0.2, 0) is 20.5 Å². The summed E-state index contributed by atoms with van der Waals surface area (Å²) in [5.41, 5.74) is -2.17. The number of carbonyl (C=O) groups excluding carboxylic acids is 1. The quantitative estimate of drug-likeness (QED) is 0.757. The highest BCUT2D eigenvalue weighted by Crippen LogP contribution is 2.58. The van der Waals surface area contributed by atoms with Crippen LogP contribution in [0, 0.1) is 17.6 Å². The Hall–Kier alpha value is -2.39. The van der Waals surface area contributed by atoms with Crippen LogP contribution in [-0.4, -0.2) is 44.6 Å². The van der Waals surface area contributed by atoms with E-state index in [1.165, 1.54) is 23.1 Å². The first-order valence-electron chi connectivity index (χ1n) is 10.1. The molecule has 2 fully saturated rings.